The Kier molecular flexibility index (Phi) is 6.41. The molecule has 2 aromatic carbocycles. The van der Waals surface area contributed by atoms with Crippen molar-refractivity contribution in [3.8, 4) is 5.75 Å². The maximum Gasteiger partial charge on any atom is 0.191 e. The summed E-state index contributed by atoms with van der Waals surface area (Å²) in [5.74, 6) is 1.37. The first-order valence-corrected chi connectivity index (χ1v) is 11.9. The summed E-state index contributed by atoms with van der Waals surface area (Å²) in [6, 6.07) is 15.1. The maximum atomic E-state index is 5.66. The van der Waals surface area contributed by atoms with E-state index in [1.807, 2.05) is 36.1 Å². The zero-order chi connectivity index (χ0) is 22.6. The van der Waals surface area contributed by atoms with Crippen molar-refractivity contribution in [3.05, 3.63) is 60.4 Å². The van der Waals surface area contributed by atoms with Gasteiger partial charge in [0.15, 0.2) is 11.4 Å². The molecule has 1 saturated heterocycles. The van der Waals surface area contributed by atoms with Gasteiger partial charge in [0.1, 0.15) is 11.1 Å². The predicted octanol–water partition coefficient (Wildman–Crippen LogP) is 4.39. The Morgan fingerprint density at radius 1 is 1.18 bits per heavy atom. The number of piperidine rings is 1. The van der Waals surface area contributed by atoms with Crippen molar-refractivity contribution >= 4 is 34.4 Å². The fourth-order valence-corrected chi connectivity index (χ4v) is 4.95. The van der Waals surface area contributed by atoms with Crippen LogP contribution in [-0.2, 0) is 6.54 Å². The molecule has 3 heterocycles. The van der Waals surface area contributed by atoms with E-state index >= 15 is 0 Å². The number of benzene rings is 2. The molecule has 0 unspecified atom stereocenters. The highest BCUT2D eigenvalue weighted by molar-refractivity contribution is 8.00. The van der Waals surface area contributed by atoms with Gasteiger partial charge in [-0.3, -0.25) is 4.68 Å². The van der Waals surface area contributed by atoms with Gasteiger partial charge in [0.05, 0.1) is 13.7 Å². The Hall–Kier alpha value is -3.17. The third-order valence-electron chi connectivity index (χ3n) is 6.07. The van der Waals surface area contributed by atoms with Crippen molar-refractivity contribution < 1.29 is 9.26 Å². The molecular formula is C24H28N6O2S. The minimum absolute atomic E-state index is 0.621. The lowest BCUT2D eigenvalue weighted by Crippen LogP contribution is -2.41. The zero-order valence-corrected chi connectivity index (χ0v) is 19.6. The number of methoxy groups -OCH3 is 1. The van der Waals surface area contributed by atoms with Crippen LogP contribution in [0, 0.1) is 0 Å². The molecule has 2 N–H and O–H groups in total. The fourth-order valence-electron chi connectivity index (χ4n) is 4.27. The number of nitrogens with zero attached hydrogens (tertiary/aromatic N) is 4. The van der Waals surface area contributed by atoms with Crippen LogP contribution in [0.2, 0.25) is 0 Å². The fraction of sp³-hybridized carbons (Fsp3) is 0.333. The van der Waals surface area contributed by atoms with E-state index in [0.717, 1.165) is 34.7 Å². The normalized spacial score (nSPS) is 14.7. The summed E-state index contributed by atoms with van der Waals surface area (Å²) in [6.45, 7) is 2.77. The van der Waals surface area contributed by atoms with E-state index in [9.17, 15) is 0 Å². The van der Waals surface area contributed by atoms with Gasteiger partial charge in [-0.25, -0.2) is 0 Å². The number of nitrogens with one attached hydrogen (secondary N) is 2. The number of hydrogen-bond donors (Lipinski definition) is 2. The standard InChI is InChI=1S/C24H28N6O2S/c1-25-18-7-11-29(12-8-18)19-5-3-6-20(15-19)33-28-24-23-21(31-2)13-17(14-22(23)32-27-24)16-30-10-4-9-26-30/h3-6,9-10,13-15,18,25H,7-8,11-12,16H2,1-2H3,(H,27,28). The summed E-state index contributed by atoms with van der Waals surface area (Å²) in [5, 5.41) is 12.8. The van der Waals surface area contributed by atoms with Gasteiger partial charge in [-0.15, -0.1) is 0 Å². The summed E-state index contributed by atoms with van der Waals surface area (Å²) < 4.78 is 16.5. The predicted molar refractivity (Wildman–Crippen MR) is 132 cm³/mol. The molecular weight excluding hydrogens is 436 g/mol. The molecule has 1 fully saturated rings. The Balaban J connectivity index is 1.31. The number of fused-ring (bicyclic) bond motifs is 1. The van der Waals surface area contributed by atoms with Crippen LogP contribution in [0.4, 0.5) is 11.5 Å². The van der Waals surface area contributed by atoms with E-state index < -0.39 is 0 Å². The van der Waals surface area contributed by atoms with E-state index in [4.69, 9.17) is 9.26 Å². The molecule has 33 heavy (non-hydrogen) atoms. The zero-order valence-electron chi connectivity index (χ0n) is 18.8. The van der Waals surface area contributed by atoms with E-state index in [-0.39, 0.29) is 0 Å². The van der Waals surface area contributed by atoms with Crippen LogP contribution in [0.15, 0.2) is 64.3 Å². The SMILES string of the molecule is CNC1CCN(c2cccc(SNc3noc4cc(Cn5cccn5)cc(OC)c34)c2)CC1. The van der Waals surface area contributed by atoms with Gasteiger partial charge >= 0.3 is 0 Å². The van der Waals surface area contributed by atoms with Crippen LogP contribution in [0.25, 0.3) is 11.0 Å². The van der Waals surface area contributed by atoms with Crippen molar-refractivity contribution in [2.75, 3.05) is 36.9 Å². The Morgan fingerprint density at radius 2 is 2.06 bits per heavy atom. The minimum atomic E-state index is 0.621. The third kappa shape index (κ3) is 4.79. The topological polar surface area (TPSA) is 80.4 Å². The van der Waals surface area contributed by atoms with Gasteiger partial charge < -0.3 is 24.2 Å². The first-order chi connectivity index (χ1) is 16.2. The van der Waals surface area contributed by atoms with Gasteiger partial charge in [-0.2, -0.15) is 5.10 Å². The summed E-state index contributed by atoms with van der Waals surface area (Å²) in [7, 11) is 3.71. The molecule has 0 aliphatic carbocycles. The van der Waals surface area contributed by atoms with Gasteiger partial charge in [0.25, 0.3) is 0 Å². The lowest BCUT2D eigenvalue weighted by molar-refractivity contribution is 0.418. The summed E-state index contributed by atoms with van der Waals surface area (Å²) in [5.41, 5.74) is 2.97. The Morgan fingerprint density at radius 3 is 2.82 bits per heavy atom. The quantitative estimate of drug-likeness (QED) is 0.372. The van der Waals surface area contributed by atoms with Crippen LogP contribution < -0.4 is 19.7 Å². The molecule has 0 saturated carbocycles. The van der Waals surface area contributed by atoms with Crippen molar-refractivity contribution in [2.24, 2.45) is 0 Å². The van der Waals surface area contributed by atoms with Crippen LogP contribution >= 0.6 is 11.9 Å². The third-order valence-corrected chi connectivity index (χ3v) is 6.86. The molecule has 9 heteroatoms. The Labute approximate surface area is 197 Å². The Bertz CT molecular complexity index is 1200. The minimum Gasteiger partial charge on any atom is -0.496 e. The molecule has 0 amide bonds. The first kappa shape index (κ1) is 21.7. The average molecular weight is 465 g/mol. The van der Waals surface area contributed by atoms with Crippen LogP contribution in [0.3, 0.4) is 0 Å². The van der Waals surface area contributed by atoms with Gasteiger partial charge in [0, 0.05) is 42.1 Å². The second kappa shape index (κ2) is 9.76. The molecule has 4 aromatic rings. The number of ether oxygens (including phenoxy) is 1. The molecule has 0 bridgehead atoms. The number of rotatable bonds is 8. The number of anilines is 2. The lowest BCUT2D eigenvalue weighted by Gasteiger charge is -2.33. The number of hydrogen-bond acceptors (Lipinski definition) is 8. The molecule has 0 radical (unpaired) electrons. The molecule has 8 nitrogen and oxygen atoms in total. The smallest absolute Gasteiger partial charge is 0.191 e. The average Bonchev–Trinajstić information content (AvgIpc) is 3.52. The van der Waals surface area contributed by atoms with Gasteiger partial charge in [-0.1, -0.05) is 11.2 Å². The van der Waals surface area contributed by atoms with Crippen molar-refractivity contribution in [1.82, 2.24) is 20.3 Å². The van der Waals surface area contributed by atoms with E-state index in [2.05, 4.69) is 49.5 Å². The second-order valence-corrected chi connectivity index (χ2v) is 9.04. The van der Waals surface area contributed by atoms with Crippen molar-refractivity contribution in [2.45, 2.75) is 30.3 Å². The number of aromatic nitrogens is 3. The molecule has 1 aliphatic heterocycles. The van der Waals surface area contributed by atoms with E-state index in [0.29, 0.717) is 24.0 Å². The van der Waals surface area contributed by atoms with Gasteiger partial charge in [-0.05, 0) is 73.8 Å². The first-order valence-electron chi connectivity index (χ1n) is 11.1. The van der Waals surface area contributed by atoms with Gasteiger partial charge in [0.2, 0.25) is 0 Å². The highest BCUT2D eigenvalue weighted by atomic mass is 32.2. The van der Waals surface area contributed by atoms with Crippen LogP contribution in [0.5, 0.6) is 5.75 Å². The second-order valence-electron chi connectivity index (χ2n) is 8.16. The maximum absolute atomic E-state index is 5.66. The van der Waals surface area contributed by atoms with Crippen LogP contribution in [0.1, 0.15) is 18.4 Å². The molecule has 2 aromatic heterocycles. The van der Waals surface area contributed by atoms with E-state index in [1.165, 1.54) is 30.5 Å². The highest BCUT2D eigenvalue weighted by Gasteiger charge is 2.19. The molecule has 172 valence electrons. The summed E-state index contributed by atoms with van der Waals surface area (Å²) in [4.78, 5) is 3.57. The molecule has 0 atom stereocenters. The largest absolute Gasteiger partial charge is 0.496 e. The van der Waals surface area contributed by atoms with Crippen LogP contribution in [-0.4, -0.2) is 48.2 Å². The molecule has 1 aliphatic rings. The van der Waals surface area contributed by atoms with Crippen molar-refractivity contribution in [1.29, 1.82) is 0 Å². The molecule has 5 rings (SSSR count). The highest BCUT2D eigenvalue weighted by Crippen LogP contribution is 2.36. The summed E-state index contributed by atoms with van der Waals surface area (Å²) >= 11 is 1.52. The monoisotopic (exact) mass is 464 g/mol. The molecule has 0 spiro atoms. The van der Waals surface area contributed by atoms with E-state index in [1.54, 1.807) is 13.3 Å². The lowest BCUT2D eigenvalue weighted by atomic mass is 10.0. The van der Waals surface area contributed by atoms with Crippen molar-refractivity contribution in [3.63, 3.8) is 0 Å². The summed E-state index contributed by atoms with van der Waals surface area (Å²) in [6.07, 6.45) is 6.03.